The number of carboxylic acid groups (broad SMARTS) is 1. The second-order valence-electron chi connectivity index (χ2n) is 4.44. The van der Waals surface area contributed by atoms with Crippen molar-refractivity contribution in [2.45, 2.75) is 26.8 Å². The topological polar surface area (TPSA) is 62.2 Å². The van der Waals surface area contributed by atoms with Gasteiger partial charge in [-0.25, -0.2) is 9.78 Å². The number of aromatic nitrogens is 1. The number of carboxylic acids is 1. The minimum absolute atomic E-state index is 0.0259. The maximum Gasteiger partial charge on any atom is 0.339 e. The second kappa shape index (κ2) is 5.40. The zero-order valence-corrected chi connectivity index (χ0v) is 11.9. The van der Waals surface area contributed by atoms with E-state index in [-0.39, 0.29) is 11.6 Å². The fourth-order valence-corrected chi connectivity index (χ4v) is 3.08. The molecule has 2 aromatic heterocycles. The van der Waals surface area contributed by atoms with Crippen LogP contribution in [0.4, 0.5) is 5.82 Å². The molecule has 2 N–H and O–H groups in total. The summed E-state index contributed by atoms with van der Waals surface area (Å²) in [6, 6.07) is 5.33. The normalized spacial score (nSPS) is 12.2. The highest BCUT2D eigenvalue weighted by Gasteiger charge is 2.16. The summed E-state index contributed by atoms with van der Waals surface area (Å²) in [5.74, 6) is -0.563. The third-order valence-electron chi connectivity index (χ3n) is 2.94. The van der Waals surface area contributed by atoms with Crippen molar-refractivity contribution >= 4 is 23.1 Å². The van der Waals surface area contributed by atoms with Crippen molar-refractivity contribution in [1.29, 1.82) is 0 Å². The molecule has 5 heteroatoms. The molecule has 0 aliphatic carbocycles. The van der Waals surface area contributed by atoms with Gasteiger partial charge in [0.25, 0.3) is 0 Å². The summed E-state index contributed by atoms with van der Waals surface area (Å²) in [6.07, 6.45) is 1.59. The monoisotopic (exact) mass is 276 g/mol. The Balaban J connectivity index is 2.26. The first-order valence-electron chi connectivity index (χ1n) is 6.01. The Kier molecular flexibility index (Phi) is 3.85. The van der Waals surface area contributed by atoms with Gasteiger partial charge < -0.3 is 10.4 Å². The number of anilines is 1. The molecule has 0 aromatic carbocycles. The average Bonchev–Trinajstić information content (AvgIpc) is 2.69. The van der Waals surface area contributed by atoms with E-state index in [2.05, 4.69) is 30.2 Å². The van der Waals surface area contributed by atoms with Gasteiger partial charge in [-0.3, -0.25) is 0 Å². The van der Waals surface area contributed by atoms with E-state index in [1.807, 2.05) is 6.92 Å². The fraction of sp³-hybridized carbons (Fsp3) is 0.286. The van der Waals surface area contributed by atoms with Crippen molar-refractivity contribution in [1.82, 2.24) is 4.98 Å². The highest BCUT2D eigenvalue weighted by atomic mass is 32.1. The molecule has 0 saturated heterocycles. The lowest BCUT2D eigenvalue weighted by atomic mass is 10.1. The molecule has 4 nitrogen and oxygen atoms in total. The van der Waals surface area contributed by atoms with Crippen molar-refractivity contribution in [3.63, 3.8) is 0 Å². The summed E-state index contributed by atoms with van der Waals surface area (Å²) in [6.45, 7) is 6.15. The minimum atomic E-state index is -0.971. The lowest BCUT2D eigenvalue weighted by molar-refractivity contribution is 0.0697. The molecule has 0 radical (unpaired) electrons. The summed E-state index contributed by atoms with van der Waals surface area (Å²) >= 11 is 1.74. The second-order valence-corrected chi connectivity index (χ2v) is 5.90. The van der Waals surface area contributed by atoms with Gasteiger partial charge in [-0.15, -0.1) is 11.3 Å². The van der Waals surface area contributed by atoms with Crippen LogP contribution in [0.2, 0.25) is 0 Å². The Morgan fingerprint density at radius 2 is 2.21 bits per heavy atom. The van der Waals surface area contributed by atoms with E-state index in [4.69, 9.17) is 5.11 Å². The van der Waals surface area contributed by atoms with E-state index in [0.29, 0.717) is 5.82 Å². The third kappa shape index (κ3) is 2.93. The molecule has 1 atom stereocenters. The minimum Gasteiger partial charge on any atom is -0.478 e. The molecule has 0 aliphatic heterocycles. The Morgan fingerprint density at radius 1 is 1.47 bits per heavy atom. The Labute approximate surface area is 116 Å². The van der Waals surface area contributed by atoms with Gasteiger partial charge in [0, 0.05) is 16.0 Å². The molecule has 0 aliphatic rings. The van der Waals surface area contributed by atoms with Crippen molar-refractivity contribution in [3.8, 4) is 0 Å². The summed E-state index contributed by atoms with van der Waals surface area (Å²) in [7, 11) is 0. The number of aryl methyl sites for hydroxylation is 2. The number of rotatable bonds is 4. The van der Waals surface area contributed by atoms with Gasteiger partial charge in [-0.05, 0) is 44.5 Å². The number of carbonyl (C=O) groups is 1. The van der Waals surface area contributed by atoms with E-state index in [9.17, 15) is 4.79 Å². The quantitative estimate of drug-likeness (QED) is 0.895. The van der Waals surface area contributed by atoms with E-state index in [1.54, 1.807) is 29.7 Å². The molecule has 1 unspecified atom stereocenters. The number of nitrogens with zero attached hydrogens (tertiary/aromatic N) is 1. The number of thiophene rings is 1. The Morgan fingerprint density at radius 3 is 2.79 bits per heavy atom. The van der Waals surface area contributed by atoms with Gasteiger partial charge in [-0.1, -0.05) is 0 Å². The standard InChI is InChI=1S/C14H16N2O2S/c1-8-7-12(10(3)19-8)9(2)16-13-11(14(17)18)5-4-6-15-13/h4-7,9H,1-3H3,(H,15,16)(H,17,18). The average molecular weight is 276 g/mol. The highest BCUT2D eigenvalue weighted by Crippen LogP contribution is 2.28. The number of nitrogens with one attached hydrogen (secondary N) is 1. The first kappa shape index (κ1) is 13.5. The molecule has 2 aromatic rings. The zero-order valence-electron chi connectivity index (χ0n) is 11.1. The Hall–Kier alpha value is -1.88. The molecule has 19 heavy (non-hydrogen) atoms. The number of pyridine rings is 1. The zero-order chi connectivity index (χ0) is 14.0. The number of hydrogen-bond donors (Lipinski definition) is 2. The largest absolute Gasteiger partial charge is 0.478 e. The summed E-state index contributed by atoms with van der Waals surface area (Å²) in [5, 5.41) is 12.3. The smallest absolute Gasteiger partial charge is 0.339 e. The molecular weight excluding hydrogens is 260 g/mol. The van der Waals surface area contributed by atoms with Crippen LogP contribution in [-0.2, 0) is 0 Å². The van der Waals surface area contributed by atoms with Crippen LogP contribution in [0.1, 0.15) is 38.6 Å². The van der Waals surface area contributed by atoms with Crippen LogP contribution in [0.25, 0.3) is 0 Å². The molecule has 2 heterocycles. The van der Waals surface area contributed by atoms with Crippen molar-refractivity contribution in [3.05, 3.63) is 45.3 Å². The van der Waals surface area contributed by atoms with Crippen LogP contribution >= 0.6 is 11.3 Å². The van der Waals surface area contributed by atoms with E-state index < -0.39 is 5.97 Å². The molecule has 0 bridgehead atoms. The van der Waals surface area contributed by atoms with Gasteiger partial charge in [-0.2, -0.15) is 0 Å². The summed E-state index contributed by atoms with van der Waals surface area (Å²) in [5.41, 5.74) is 1.38. The van der Waals surface area contributed by atoms with Crippen molar-refractivity contribution < 1.29 is 9.90 Å². The molecular formula is C14H16N2O2S. The number of hydrogen-bond acceptors (Lipinski definition) is 4. The molecule has 2 rings (SSSR count). The lowest BCUT2D eigenvalue weighted by Gasteiger charge is -2.15. The maximum atomic E-state index is 11.1. The van der Waals surface area contributed by atoms with Crippen molar-refractivity contribution in [2.75, 3.05) is 5.32 Å². The molecule has 100 valence electrons. The van der Waals surface area contributed by atoms with E-state index in [1.165, 1.54) is 15.3 Å². The highest BCUT2D eigenvalue weighted by molar-refractivity contribution is 7.12. The molecule has 0 spiro atoms. The molecule has 0 saturated carbocycles. The predicted molar refractivity (Wildman–Crippen MR) is 77.0 cm³/mol. The molecule has 0 fully saturated rings. The van der Waals surface area contributed by atoms with Crippen LogP contribution in [-0.4, -0.2) is 16.1 Å². The first-order chi connectivity index (χ1) is 8.99. The van der Waals surface area contributed by atoms with E-state index >= 15 is 0 Å². The van der Waals surface area contributed by atoms with Crippen LogP contribution < -0.4 is 5.32 Å². The van der Waals surface area contributed by atoms with Crippen LogP contribution in [0.5, 0.6) is 0 Å². The van der Waals surface area contributed by atoms with Crippen LogP contribution in [0, 0.1) is 13.8 Å². The number of aromatic carboxylic acids is 1. The summed E-state index contributed by atoms with van der Waals surface area (Å²) in [4.78, 5) is 17.7. The van der Waals surface area contributed by atoms with Gasteiger partial charge in [0.05, 0.1) is 6.04 Å². The SMILES string of the molecule is Cc1cc(C(C)Nc2ncccc2C(=O)O)c(C)s1. The van der Waals surface area contributed by atoms with Gasteiger partial charge in [0.1, 0.15) is 11.4 Å². The predicted octanol–water partition coefficient (Wildman–Crippen LogP) is 3.63. The van der Waals surface area contributed by atoms with Crippen LogP contribution in [0.15, 0.2) is 24.4 Å². The van der Waals surface area contributed by atoms with Gasteiger partial charge in [0.15, 0.2) is 0 Å². The van der Waals surface area contributed by atoms with E-state index in [0.717, 1.165) is 0 Å². The van der Waals surface area contributed by atoms with Gasteiger partial charge >= 0.3 is 5.97 Å². The van der Waals surface area contributed by atoms with Gasteiger partial charge in [0.2, 0.25) is 0 Å². The maximum absolute atomic E-state index is 11.1. The summed E-state index contributed by atoms with van der Waals surface area (Å²) < 4.78 is 0. The third-order valence-corrected chi connectivity index (χ3v) is 3.92. The Bertz CT molecular complexity index is 607. The van der Waals surface area contributed by atoms with Crippen LogP contribution in [0.3, 0.4) is 0 Å². The lowest BCUT2D eigenvalue weighted by Crippen LogP contribution is -2.12. The first-order valence-corrected chi connectivity index (χ1v) is 6.82. The fourth-order valence-electron chi connectivity index (χ4n) is 2.06. The molecule has 0 amide bonds. The van der Waals surface area contributed by atoms with Crippen molar-refractivity contribution in [2.24, 2.45) is 0 Å².